The van der Waals surface area contributed by atoms with Crippen molar-refractivity contribution >= 4 is 12.1 Å². The molecule has 0 spiro atoms. The van der Waals surface area contributed by atoms with E-state index >= 15 is 0 Å². The molecule has 2 unspecified atom stereocenters. The Hall–Kier alpha value is -1.26. The van der Waals surface area contributed by atoms with Crippen LogP contribution in [-0.2, 0) is 19.0 Å². The molecule has 2 atom stereocenters. The summed E-state index contributed by atoms with van der Waals surface area (Å²) in [4.78, 5) is 21.3. The first kappa shape index (κ1) is 14.8. The lowest BCUT2D eigenvalue weighted by molar-refractivity contribution is -0.150. The van der Waals surface area contributed by atoms with Crippen LogP contribution >= 0.6 is 0 Å². The third-order valence-electron chi connectivity index (χ3n) is 3.48. The van der Waals surface area contributed by atoms with Gasteiger partial charge >= 0.3 is 12.1 Å². The lowest BCUT2D eigenvalue weighted by Gasteiger charge is -2.18. The minimum Gasteiger partial charge on any atom is -0.469 e. The van der Waals surface area contributed by atoms with E-state index in [0.29, 0.717) is 0 Å². The van der Waals surface area contributed by atoms with E-state index in [9.17, 15) is 9.59 Å². The number of methoxy groups -OCH3 is 1. The molecule has 18 heavy (non-hydrogen) atoms. The monoisotopic (exact) mass is 258 g/mol. The molecule has 1 aliphatic carbocycles. The van der Waals surface area contributed by atoms with Gasteiger partial charge in [-0.15, -0.1) is 0 Å². The first-order valence-corrected chi connectivity index (χ1v) is 6.34. The Morgan fingerprint density at radius 2 is 1.83 bits per heavy atom. The van der Waals surface area contributed by atoms with E-state index in [1.54, 1.807) is 0 Å². The summed E-state index contributed by atoms with van der Waals surface area (Å²) in [5.74, 6) is -0.134. The van der Waals surface area contributed by atoms with E-state index in [1.165, 1.54) is 7.11 Å². The van der Waals surface area contributed by atoms with Gasteiger partial charge in [0.1, 0.15) is 12.2 Å². The second-order valence-electron chi connectivity index (χ2n) is 5.27. The Morgan fingerprint density at radius 3 is 2.17 bits per heavy atom. The van der Waals surface area contributed by atoms with Crippen LogP contribution in [0.4, 0.5) is 4.79 Å². The van der Waals surface area contributed by atoms with E-state index in [4.69, 9.17) is 9.47 Å². The highest BCUT2D eigenvalue weighted by atomic mass is 16.7. The number of rotatable bonds is 2. The molecule has 0 amide bonds. The van der Waals surface area contributed by atoms with Crippen LogP contribution in [0.2, 0.25) is 0 Å². The fourth-order valence-electron chi connectivity index (χ4n) is 1.84. The minimum atomic E-state index is -0.478. The maximum absolute atomic E-state index is 10.8. The summed E-state index contributed by atoms with van der Waals surface area (Å²) < 4.78 is 14.2. The Kier molecular flexibility index (Phi) is 4.99. The average Bonchev–Trinajstić information content (AvgIpc) is 2.68. The van der Waals surface area contributed by atoms with Crippen LogP contribution in [-0.4, -0.2) is 31.4 Å². The number of carbonyl (C=O) groups excluding carboxylic acids is 2. The number of hydrogen-bond acceptors (Lipinski definition) is 5. The highest BCUT2D eigenvalue weighted by Crippen LogP contribution is 2.29. The lowest BCUT2D eigenvalue weighted by atomic mass is 9.91. The largest absolute Gasteiger partial charge is 0.508 e. The van der Waals surface area contributed by atoms with Gasteiger partial charge in [0.25, 0.3) is 0 Å². The topological polar surface area (TPSA) is 61.8 Å². The molecule has 2 aliphatic rings. The van der Waals surface area contributed by atoms with Crippen molar-refractivity contribution in [2.24, 2.45) is 5.41 Å². The Labute approximate surface area is 108 Å². The standard InChI is InChI=1S/C7H14O2.C6H8O3/c1-5-7(2,3)6(8)9-4;7-6-8-4-1-2-5(3-4)9-6/h5H2,1-4H3;4-5H,1-3H2. The minimum absolute atomic E-state index is 0.134. The van der Waals surface area contributed by atoms with Crippen molar-refractivity contribution in [1.29, 1.82) is 0 Å². The third kappa shape index (κ3) is 3.89. The summed E-state index contributed by atoms with van der Waals surface area (Å²) in [6.45, 7) is 5.72. The highest BCUT2D eigenvalue weighted by Gasteiger charge is 2.35. The molecule has 0 aromatic carbocycles. The van der Waals surface area contributed by atoms with Crippen LogP contribution < -0.4 is 0 Å². The Bertz CT molecular complexity index is 297. The maximum Gasteiger partial charge on any atom is 0.508 e. The summed E-state index contributed by atoms with van der Waals surface area (Å²) in [6, 6.07) is 0. The number of esters is 1. The molecule has 2 fully saturated rings. The molecule has 2 bridgehead atoms. The molecule has 0 N–H and O–H groups in total. The molecule has 5 nitrogen and oxygen atoms in total. The first-order valence-electron chi connectivity index (χ1n) is 6.34. The molecule has 2 rings (SSSR count). The first-order chi connectivity index (χ1) is 8.39. The lowest BCUT2D eigenvalue weighted by Crippen LogP contribution is -2.26. The number of ether oxygens (including phenoxy) is 3. The predicted molar refractivity (Wildman–Crippen MR) is 65.1 cm³/mol. The fraction of sp³-hybridized carbons (Fsp3) is 0.846. The van der Waals surface area contributed by atoms with Gasteiger partial charge in [0, 0.05) is 6.42 Å². The maximum atomic E-state index is 10.8. The molecule has 0 aromatic rings. The van der Waals surface area contributed by atoms with Crippen LogP contribution in [0, 0.1) is 5.41 Å². The predicted octanol–water partition coefficient (Wildman–Crippen LogP) is 2.67. The SMILES string of the molecule is CCC(C)(C)C(=O)OC.O=C1OC2CCC(C2)O1. The normalized spacial score (nSPS) is 25.4. The highest BCUT2D eigenvalue weighted by molar-refractivity contribution is 5.75. The van der Waals surface area contributed by atoms with E-state index in [-0.39, 0.29) is 23.6 Å². The molecule has 5 heteroatoms. The van der Waals surface area contributed by atoms with Gasteiger partial charge in [0.05, 0.1) is 12.5 Å². The summed E-state index contributed by atoms with van der Waals surface area (Å²) in [5.41, 5.74) is -0.311. The van der Waals surface area contributed by atoms with Gasteiger partial charge in [0.2, 0.25) is 0 Å². The number of fused-ring (bicyclic) bond motifs is 2. The molecule has 1 saturated heterocycles. The van der Waals surface area contributed by atoms with Gasteiger partial charge < -0.3 is 14.2 Å². The van der Waals surface area contributed by atoms with Crippen LogP contribution in [0.3, 0.4) is 0 Å². The molecular formula is C13H22O5. The Balaban J connectivity index is 0.000000180. The zero-order valence-electron chi connectivity index (χ0n) is 11.5. The number of hydrogen-bond donors (Lipinski definition) is 0. The summed E-state index contributed by atoms with van der Waals surface area (Å²) >= 11 is 0. The third-order valence-corrected chi connectivity index (χ3v) is 3.48. The molecule has 1 saturated carbocycles. The van der Waals surface area contributed by atoms with Crippen LogP contribution in [0.25, 0.3) is 0 Å². The zero-order valence-corrected chi connectivity index (χ0v) is 11.5. The van der Waals surface area contributed by atoms with Crippen LogP contribution in [0.15, 0.2) is 0 Å². The van der Waals surface area contributed by atoms with Gasteiger partial charge in [-0.05, 0) is 33.1 Å². The van der Waals surface area contributed by atoms with E-state index in [1.807, 2.05) is 20.8 Å². The smallest absolute Gasteiger partial charge is 0.469 e. The molecule has 0 aromatic heterocycles. The summed E-state index contributed by atoms with van der Waals surface area (Å²) in [7, 11) is 1.42. The average molecular weight is 258 g/mol. The molecule has 0 radical (unpaired) electrons. The second kappa shape index (κ2) is 6.07. The summed E-state index contributed by atoms with van der Waals surface area (Å²) in [5, 5.41) is 0. The second-order valence-corrected chi connectivity index (χ2v) is 5.27. The van der Waals surface area contributed by atoms with Gasteiger partial charge in [0.15, 0.2) is 0 Å². The van der Waals surface area contributed by atoms with E-state index < -0.39 is 6.16 Å². The van der Waals surface area contributed by atoms with Crippen molar-refractivity contribution in [3.05, 3.63) is 0 Å². The number of carbonyl (C=O) groups is 2. The van der Waals surface area contributed by atoms with Crippen molar-refractivity contribution in [3.8, 4) is 0 Å². The van der Waals surface area contributed by atoms with E-state index in [2.05, 4.69) is 4.74 Å². The Morgan fingerprint density at radius 1 is 1.33 bits per heavy atom. The van der Waals surface area contributed by atoms with Crippen molar-refractivity contribution in [1.82, 2.24) is 0 Å². The van der Waals surface area contributed by atoms with Crippen molar-refractivity contribution in [3.63, 3.8) is 0 Å². The van der Waals surface area contributed by atoms with Crippen molar-refractivity contribution in [2.45, 2.75) is 58.7 Å². The quantitative estimate of drug-likeness (QED) is 0.712. The summed E-state index contributed by atoms with van der Waals surface area (Å²) in [6.07, 6.45) is 3.54. The van der Waals surface area contributed by atoms with Crippen LogP contribution in [0.1, 0.15) is 46.5 Å². The van der Waals surface area contributed by atoms with Gasteiger partial charge in [-0.1, -0.05) is 6.92 Å². The fourth-order valence-corrected chi connectivity index (χ4v) is 1.84. The molecule has 104 valence electrons. The van der Waals surface area contributed by atoms with Gasteiger partial charge in [-0.25, -0.2) is 4.79 Å². The van der Waals surface area contributed by atoms with Crippen molar-refractivity contribution in [2.75, 3.05) is 7.11 Å². The molecule has 1 heterocycles. The van der Waals surface area contributed by atoms with E-state index in [0.717, 1.165) is 25.7 Å². The zero-order chi connectivity index (χ0) is 13.8. The van der Waals surface area contributed by atoms with Gasteiger partial charge in [-0.3, -0.25) is 4.79 Å². The molecule has 1 aliphatic heterocycles. The molecular weight excluding hydrogens is 236 g/mol. The van der Waals surface area contributed by atoms with Crippen molar-refractivity contribution < 1.29 is 23.8 Å². The van der Waals surface area contributed by atoms with Crippen LogP contribution in [0.5, 0.6) is 0 Å². The van der Waals surface area contributed by atoms with Gasteiger partial charge in [-0.2, -0.15) is 0 Å².